The zero-order valence-electron chi connectivity index (χ0n) is 6.28. The van der Waals surface area contributed by atoms with Gasteiger partial charge in [0.15, 0.2) is 0 Å². The third-order valence-corrected chi connectivity index (χ3v) is 0.763. The van der Waals surface area contributed by atoms with E-state index >= 15 is 0 Å². The van der Waals surface area contributed by atoms with Crippen molar-refractivity contribution in [3.8, 4) is 0 Å². The van der Waals surface area contributed by atoms with E-state index in [1.807, 2.05) is 0 Å². The molecule has 8 heavy (non-hydrogen) atoms. The van der Waals surface area contributed by atoms with Crippen LogP contribution in [0, 0.1) is 0 Å². The number of hydrogen-bond donors (Lipinski definition) is 0. The van der Waals surface area contributed by atoms with Crippen molar-refractivity contribution in [1.29, 1.82) is 0 Å². The quantitative estimate of drug-likeness (QED) is 0.329. The van der Waals surface area contributed by atoms with Gasteiger partial charge in [0, 0.05) is 0 Å². The molecule has 0 aliphatic carbocycles. The first-order chi connectivity index (χ1) is 3.41. The van der Waals surface area contributed by atoms with E-state index in [9.17, 15) is 0 Å². The van der Waals surface area contributed by atoms with Gasteiger partial charge in [0.05, 0.1) is 0 Å². The minimum absolute atomic E-state index is 0. The Hall–Kier alpha value is 0.557. The molecule has 0 fully saturated rings. The fourth-order valence-electron chi connectivity index (χ4n) is 0.428. The molecular formula is C6H14LiN. The van der Waals surface area contributed by atoms with Crippen molar-refractivity contribution in [1.82, 2.24) is 0 Å². The molecule has 0 spiro atoms. The van der Waals surface area contributed by atoms with Gasteiger partial charge in [-0.2, -0.15) is 0 Å². The molecule has 0 saturated carbocycles. The third-order valence-electron chi connectivity index (χ3n) is 0.763. The van der Waals surface area contributed by atoms with Crippen LogP contribution in [0.1, 0.15) is 26.7 Å². The Balaban J connectivity index is 0. The first-order valence-corrected chi connectivity index (χ1v) is 3.05. The molecule has 0 unspecified atom stereocenters. The minimum Gasteiger partial charge on any atom is -0.662 e. The van der Waals surface area contributed by atoms with Gasteiger partial charge in [-0.1, -0.05) is 26.7 Å². The molecule has 2 heteroatoms. The molecule has 0 aliphatic rings. The fraction of sp³-hybridized carbons (Fsp3) is 1.00. The third kappa shape index (κ3) is 9.75. The monoisotopic (exact) mass is 107 g/mol. The molecule has 1 nitrogen and oxygen atoms in total. The fourth-order valence-corrected chi connectivity index (χ4v) is 0.428. The summed E-state index contributed by atoms with van der Waals surface area (Å²) < 4.78 is 0. The van der Waals surface area contributed by atoms with Crippen LogP contribution in [0.15, 0.2) is 0 Å². The first-order valence-electron chi connectivity index (χ1n) is 3.05. The maximum absolute atomic E-state index is 4.21. The molecule has 0 rings (SSSR count). The van der Waals surface area contributed by atoms with Crippen molar-refractivity contribution in [2.75, 3.05) is 13.1 Å². The van der Waals surface area contributed by atoms with Crippen LogP contribution >= 0.6 is 0 Å². The van der Waals surface area contributed by atoms with Crippen molar-refractivity contribution >= 4 is 0 Å². The van der Waals surface area contributed by atoms with E-state index < -0.39 is 0 Å². The molecule has 0 aromatic heterocycles. The van der Waals surface area contributed by atoms with Crippen molar-refractivity contribution < 1.29 is 18.9 Å². The molecule has 0 heterocycles. The number of rotatable bonds is 4. The largest absolute Gasteiger partial charge is 1.00 e. The number of nitrogens with zero attached hydrogens (tertiary/aromatic N) is 1. The molecule has 0 aromatic rings. The normalized spacial score (nSPS) is 8.25. The molecule has 0 bridgehead atoms. The van der Waals surface area contributed by atoms with Crippen LogP contribution in [0.2, 0.25) is 0 Å². The Morgan fingerprint density at radius 3 is 1.62 bits per heavy atom. The SMILES string of the molecule is CCC[N-]CCC.[Li+]. The van der Waals surface area contributed by atoms with Gasteiger partial charge in [-0.05, 0) is 0 Å². The second-order valence-electron chi connectivity index (χ2n) is 1.67. The van der Waals surface area contributed by atoms with E-state index in [4.69, 9.17) is 0 Å². The van der Waals surface area contributed by atoms with E-state index in [1.165, 1.54) is 12.8 Å². The van der Waals surface area contributed by atoms with Crippen LogP contribution in [0.4, 0.5) is 0 Å². The standard InChI is InChI=1S/C6H14N.Li/c1-3-5-7-6-4-2;/h3-6H2,1-2H3;/q-1;+1. The number of hydrogen-bond acceptors (Lipinski definition) is 0. The van der Waals surface area contributed by atoms with Gasteiger partial charge in [-0.15, -0.1) is 13.1 Å². The van der Waals surface area contributed by atoms with Crippen LogP contribution in [0.5, 0.6) is 0 Å². The van der Waals surface area contributed by atoms with Crippen molar-refractivity contribution in [3.63, 3.8) is 0 Å². The first kappa shape index (κ1) is 11.4. The minimum atomic E-state index is 0. The van der Waals surface area contributed by atoms with Crippen LogP contribution in [-0.4, -0.2) is 13.1 Å². The van der Waals surface area contributed by atoms with E-state index in [0.29, 0.717) is 0 Å². The second-order valence-corrected chi connectivity index (χ2v) is 1.67. The molecule has 0 aromatic carbocycles. The maximum Gasteiger partial charge on any atom is 1.00 e. The summed E-state index contributed by atoms with van der Waals surface area (Å²) in [6.45, 7) is 6.40. The van der Waals surface area contributed by atoms with Crippen LogP contribution in [0.25, 0.3) is 5.32 Å². The molecule has 0 atom stereocenters. The Morgan fingerprint density at radius 1 is 1.00 bits per heavy atom. The summed E-state index contributed by atoms with van der Waals surface area (Å²) in [6.07, 6.45) is 2.39. The smallest absolute Gasteiger partial charge is 0.662 e. The molecular weight excluding hydrogens is 93.0 g/mol. The summed E-state index contributed by atoms with van der Waals surface area (Å²) in [4.78, 5) is 0. The van der Waals surface area contributed by atoms with Crippen LogP contribution in [0.3, 0.4) is 0 Å². The average Bonchev–Trinajstić information content (AvgIpc) is 1.69. The van der Waals surface area contributed by atoms with E-state index in [0.717, 1.165) is 13.1 Å². The van der Waals surface area contributed by atoms with E-state index in [1.54, 1.807) is 0 Å². The Bertz CT molecular complexity index is 27.7. The molecule has 0 aliphatic heterocycles. The van der Waals surface area contributed by atoms with Gasteiger partial charge in [0.2, 0.25) is 0 Å². The van der Waals surface area contributed by atoms with Crippen molar-refractivity contribution in [2.24, 2.45) is 0 Å². The summed E-state index contributed by atoms with van der Waals surface area (Å²) in [6, 6.07) is 0. The summed E-state index contributed by atoms with van der Waals surface area (Å²) >= 11 is 0. The summed E-state index contributed by atoms with van der Waals surface area (Å²) in [7, 11) is 0. The summed E-state index contributed by atoms with van der Waals surface area (Å²) in [5, 5.41) is 4.21. The van der Waals surface area contributed by atoms with Gasteiger partial charge in [-0.3, -0.25) is 0 Å². The second kappa shape index (κ2) is 10.5. The van der Waals surface area contributed by atoms with Crippen LogP contribution < -0.4 is 18.9 Å². The topological polar surface area (TPSA) is 14.1 Å². The van der Waals surface area contributed by atoms with Gasteiger partial charge in [-0.25, -0.2) is 0 Å². The van der Waals surface area contributed by atoms with Gasteiger partial charge in [0.1, 0.15) is 0 Å². The van der Waals surface area contributed by atoms with Crippen molar-refractivity contribution in [2.45, 2.75) is 26.7 Å². The molecule has 44 valence electrons. The Labute approximate surface area is 64.4 Å². The Kier molecular flexibility index (Phi) is 14.9. The summed E-state index contributed by atoms with van der Waals surface area (Å²) in [5.41, 5.74) is 0. The molecule has 0 saturated heterocycles. The molecule has 0 amide bonds. The van der Waals surface area contributed by atoms with Crippen molar-refractivity contribution in [3.05, 3.63) is 5.32 Å². The van der Waals surface area contributed by atoms with Gasteiger partial charge in [0.25, 0.3) is 0 Å². The van der Waals surface area contributed by atoms with Crippen LogP contribution in [-0.2, 0) is 0 Å². The predicted octanol–water partition coefficient (Wildman–Crippen LogP) is -0.816. The van der Waals surface area contributed by atoms with E-state index in [2.05, 4.69) is 19.2 Å². The maximum atomic E-state index is 4.21. The molecule has 0 radical (unpaired) electrons. The zero-order chi connectivity index (χ0) is 5.54. The predicted molar refractivity (Wildman–Crippen MR) is 33.7 cm³/mol. The Morgan fingerprint density at radius 2 is 1.38 bits per heavy atom. The summed E-state index contributed by atoms with van der Waals surface area (Å²) in [5.74, 6) is 0. The van der Waals surface area contributed by atoms with E-state index in [-0.39, 0.29) is 18.9 Å². The average molecular weight is 107 g/mol. The van der Waals surface area contributed by atoms with Gasteiger partial charge >= 0.3 is 18.9 Å². The zero-order valence-corrected chi connectivity index (χ0v) is 6.28. The van der Waals surface area contributed by atoms with Gasteiger partial charge < -0.3 is 5.32 Å². The molecule has 0 N–H and O–H groups in total.